The summed E-state index contributed by atoms with van der Waals surface area (Å²) >= 11 is 0. The van der Waals surface area contributed by atoms with Gasteiger partial charge in [-0.25, -0.2) is 18.2 Å². The second kappa shape index (κ2) is 14.3. The molecule has 5 aromatic rings. The van der Waals surface area contributed by atoms with Gasteiger partial charge in [-0.05, 0) is 68.5 Å². The van der Waals surface area contributed by atoms with Crippen molar-refractivity contribution in [1.29, 1.82) is 0 Å². The lowest BCUT2D eigenvalue weighted by Gasteiger charge is -2.18. The zero-order valence-electron chi connectivity index (χ0n) is 26.7. The Morgan fingerprint density at radius 1 is 1.14 bits per heavy atom. The van der Waals surface area contributed by atoms with Crippen LogP contribution in [0.4, 0.5) is 18.9 Å². The molecule has 50 heavy (non-hydrogen) atoms. The van der Waals surface area contributed by atoms with Crippen molar-refractivity contribution < 1.29 is 45.5 Å². The maximum absolute atomic E-state index is 15.6. The van der Waals surface area contributed by atoms with Crippen LogP contribution >= 0.6 is 0 Å². The van der Waals surface area contributed by atoms with E-state index in [0.29, 0.717) is 54.2 Å². The van der Waals surface area contributed by atoms with E-state index >= 15 is 4.39 Å². The highest BCUT2D eigenvalue weighted by Crippen LogP contribution is 2.31. The molecule has 16 heteroatoms. The van der Waals surface area contributed by atoms with Gasteiger partial charge in [-0.2, -0.15) is 12.7 Å². The van der Waals surface area contributed by atoms with Crippen molar-refractivity contribution in [2.45, 2.75) is 44.7 Å². The smallest absolute Gasteiger partial charge is 0.314 e. The Kier molecular flexibility index (Phi) is 9.93. The van der Waals surface area contributed by atoms with E-state index in [-0.39, 0.29) is 29.6 Å². The predicted molar refractivity (Wildman–Crippen MR) is 176 cm³/mol. The summed E-state index contributed by atoms with van der Waals surface area (Å²) in [7, 11) is -4.35. The summed E-state index contributed by atoms with van der Waals surface area (Å²) in [6, 6.07) is 11.9. The molecule has 0 spiro atoms. The summed E-state index contributed by atoms with van der Waals surface area (Å²) in [5, 5.41) is 13.6. The predicted octanol–water partition coefficient (Wildman–Crippen LogP) is 6.15. The Labute approximate surface area is 284 Å². The molecule has 3 aromatic heterocycles. The number of rotatable bonds is 14. The number of pyridine rings is 1. The molecule has 6 rings (SSSR count). The van der Waals surface area contributed by atoms with Crippen LogP contribution < -0.4 is 9.46 Å². The summed E-state index contributed by atoms with van der Waals surface area (Å²) in [6.45, 7) is 1.58. The molecular formula is C34H32F3N5O7S. The summed E-state index contributed by atoms with van der Waals surface area (Å²) < 4.78 is 83.3. The van der Waals surface area contributed by atoms with Crippen LogP contribution in [0.2, 0.25) is 0 Å². The number of fused-ring (bicyclic) bond motifs is 1. The van der Waals surface area contributed by atoms with Crippen LogP contribution in [-0.4, -0.2) is 70.6 Å². The molecule has 2 atom stereocenters. The van der Waals surface area contributed by atoms with E-state index in [0.717, 1.165) is 16.4 Å². The van der Waals surface area contributed by atoms with Crippen LogP contribution in [0.3, 0.4) is 0 Å². The first-order valence-electron chi connectivity index (χ1n) is 15.7. The number of aryl methyl sites for hydroxylation is 1. The number of halogens is 3. The number of carbonyl (C=O) groups is 2. The van der Waals surface area contributed by atoms with E-state index in [4.69, 9.17) is 9.26 Å². The first kappa shape index (κ1) is 34.6. The minimum Gasteiger partial charge on any atom is -0.494 e. The van der Waals surface area contributed by atoms with Gasteiger partial charge in [0.15, 0.2) is 11.6 Å². The summed E-state index contributed by atoms with van der Waals surface area (Å²) in [5.41, 5.74) is 0.510. The third kappa shape index (κ3) is 7.35. The van der Waals surface area contributed by atoms with Gasteiger partial charge in [-0.3, -0.25) is 14.3 Å². The Bertz CT molecular complexity index is 2150. The number of benzene rings is 2. The van der Waals surface area contributed by atoms with Gasteiger partial charge in [0.05, 0.1) is 23.6 Å². The van der Waals surface area contributed by atoms with Crippen molar-refractivity contribution >= 4 is 38.7 Å². The van der Waals surface area contributed by atoms with Crippen molar-refractivity contribution in [2.24, 2.45) is 0 Å². The fourth-order valence-electron chi connectivity index (χ4n) is 5.75. The Morgan fingerprint density at radius 3 is 2.60 bits per heavy atom. The van der Waals surface area contributed by atoms with E-state index < -0.39 is 63.5 Å². The zero-order chi connectivity index (χ0) is 35.6. The number of aliphatic carboxylic acids is 1. The highest BCUT2D eigenvalue weighted by Gasteiger charge is 2.33. The molecule has 0 radical (unpaired) electrons. The van der Waals surface area contributed by atoms with Crippen molar-refractivity contribution in [1.82, 2.24) is 19.4 Å². The average Bonchev–Trinajstić information content (AvgIpc) is 3.84. The molecule has 3 N–H and O–H groups in total. The number of ether oxygens (including phenoxy) is 1. The fraction of sp³-hybridized carbons (Fsp3) is 0.294. The number of ketones is 1. The first-order valence-corrected chi connectivity index (χ1v) is 17.2. The van der Waals surface area contributed by atoms with E-state index in [9.17, 15) is 31.9 Å². The number of H-pyrrole nitrogens is 1. The molecule has 0 bridgehead atoms. The average molecular weight is 712 g/mol. The first-order chi connectivity index (χ1) is 23.9. The molecule has 0 amide bonds. The topological polar surface area (TPSA) is 168 Å². The van der Waals surface area contributed by atoms with Gasteiger partial charge < -0.3 is 19.4 Å². The third-order valence-electron chi connectivity index (χ3n) is 8.40. The molecule has 1 aliphatic heterocycles. The van der Waals surface area contributed by atoms with Crippen molar-refractivity contribution in [3.8, 4) is 16.9 Å². The normalized spacial score (nSPS) is 15.7. The molecule has 12 nitrogen and oxygen atoms in total. The number of hydrogen-bond acceptors (Lipinski definition) is 8. The fourth-order valence-corrected chi connectivity index (χ4v) is 7.02. The maximum atomic E-state index is 15.6. The third-order valence-corrected chi connectivity index (χ3v) is 9.89. The SMILES string of the molecule is Cc1cc(C(CCCCOc2ccc(-c3cnc4[nH]cc(C(=O)c5c(F)ccc(NS(=O)(=O)N6CC[C@@H](F)C6)c5F)c4c3)cc2)C(=O)O)on1. The number of aromatic nitrogens is 3. The van der Waals surface area contributed by atoms with Crippen LogP contribution in [0.5, 0.6) is 5.75 Å². The minimum absolute atomic E-state index is 0.00451. The van der Waals surface area contributed by atoms with E-state index in [1.54, 1.807) is 49.5 Å². The number of anilines is 1. The van der Waals surface area contributed by atoms with Gasteiger partial charge >= 0.3 is 16.2 Å². The molecule has 0 aliphatic carbocycles. The van der Waals surface area contributed by atoms with Gasteiger partial charge in [0.1, 0.15) is 29.3 Å². The van der Waals surface area contributed by atoms with E-state index in [1.165, 1.54) is 6.20 Å². The number of alkyl halides is 1. The second-order valence-corrected chi connectivity index (χ2v) is 13.6. The Balaban J connectivity index is 1.13. The lowest BCUT2D eigenvalue weighted by molar-refractivity contribution is -0.139. The Morgan fingerprint density at radius 2 is 1.92 bits per heavy atom. The van der Waals surface area contributed by atoms with Crippen molar-refractivity contribution in [3.05, 3.63) is 95.1 Å². The van der Waals surface area contributed by atoms with Crippen LogP contribution in [0.15, 0.2) is 65.4 Å². The number of carboxylic acids is 1. The number of aromatic amines is 1. The number of carbonyl (C=O) groups excluding carboxylic acids is 1. The van der Waals surface area contributed by atoms with Crippen LogP contribution in [-0.2, 0) is 15.0 Å². The highest BCUT2D eigenvalue weighted by atomic mass is 32.2. The van der Waals surface area contributed by atoms with E-state index in [1.807, 2.05) is 4.72 Å². The van der Waals surface area contributed by atoms with Gasteiger partial charge in [-0.1, -0.05) is 17.3 Å². The monoisotopic (exact) mass is 711 g/mol. The molecule has 1 saturated heterocycles. The summed E-state index contributed by atoms with van der Waals surface area (Å²) in [6.07, 6.45) is 3.04. The van der Waals surface area contributed by atoms with Crippen molar-refractivity contribution in [2.75, 3.05) is 24.4 Å². The zero-order valence-corrected chi connectivity index (χ0v) is 27.5. The molecule has 1 fully saturated rings. The minimum atomic E-state index is -4.35. The molecule has 4 heterocycles. The van der Waals surface area contributed by atoms with Crippen LogP contribution in [0, 0.1) is 18.6 Å². The summed E-state index contributed by atoms with van der Waals surface area (Å²) in [4.78, 5) is 32.4. The number of unbranched alkanes of at least 4 members (excludes halogenated alkanes) is 1. The lowest BCUT2D eigenvalue weighted by atomic mass is 9.99. The summed E-state index contributed by atoms with van der Waals surface area (Å²) in [5.74, 6) is -4.50. The number of nitrogens with zero attached hydrogens (tertiary/aromatic N) is 3. The largest absolute Gasteiger partial charge is 0.494 e. The van der Waals surface area contributed by atoms with Crippen LogP contribution in [0.25, 0.3) is 22.2 Å². The molecule has 1 unspecified atom stereocenters. The molecule has 0 saturated carbocycles. The van der Waals surface area contributed by atoms with Gasteiger partial charge in [0.2, 0.25) is 5.78 Å². The standard InChI is InChI=1S/C34H32F3N5O7S/c1-19-14-29(49-40-19)24(34(44)45)4-2-3-13-48-23-7-5-20(6-8-23)21-15-25-26(17-39-33(25)38-16-21)32(43)30-27(36)9-10-28(31(30)37)41-50(46,47)42-12-11-22(35)18-42/h5-10,14-17,22,24,41H,2-4,11-13,18H2,1H3,(H,38,39)(H,44,45)/t22-,24?/m1/s1. The van der Waals surface area contributed by atoms with Crippen molar-refractivity contribution in [3.63, 3.8) is 0 Å². The van der Waals surface area contributed by atoms with Gasteiger partial charge in [-0.15, -0.1) is 0 Å². The molecule has 2 aromatic carbocycles. The van der Waals surface area contributed by atoms with Gasteiger partial charge in [0.25, 0.3) is 0 Å². The maximum Gasteiger partial charge on any atom is 0.314 e. The lowest BCUT2D eigenvalue weighted by Crippen LogP contribution is -2.34. The quantitative estimate of drug-likeness (QED) is 0.0904. The molecule has 262 valence electrons. The second-order valence-electron chi connectivity index (χ2n) is 11.9. The Hall–Kier alpha value is -5.22. The van der Waals surface area contributed by atoms with E-state index in [2.05, 4.69) is 15.1 Å². The van der Waals surface area contributed by atoms with Gasteiger partial charge in [0, 0.05) is 48.1 Å². The number of nitrogens with one attached hydrogen (secondary N) is 2. The molecular weight excluding hydrogens is 679 g/mol. The molecule has 1 aliphatic rings. The highest BCUT2D eigenvalue weighted by molar-refractivity contribution is 7.90. The number of hydrogen-bond donors (Lipinski definition) is 3. The number of carboxylic acid groups (broad SMARTS) is 1. The van der Waals surface area contributed by atoms with Crippen LogP contribution in [0.1, 0.15) is 59.0 Å².